The first-order valence-electron chi connectivity index (χ1n) is 5.99. The number of phenolic OH excluding ortho intramolecular Hbond substituents is 2. The summed E-state index contributed by atoms with van der Waals surface area (Å²) in [6, 6.07) is 11.9. The minimum absolute atomic E-state index is 0.0449. The number of hydrogen-bond acceptors (Lipinski definition) is 4. The number of aromatic hydroxyl groups is 2. The average molecular weight is 257 g/mol. The van der Waals surface area contributed by atoms with Gasteiger partial charge < -0.3 is 14.9 Å². The summed E-state index contributed by atoms with van der Waals surface area (Å²) in [6.45, 7) is 2.33. The van der Waals surface area contributed by atoms with Crippen LogP contribution in [0.5, 0.6) is 17.2 Å². The molecule has 0 saturated heterocycles. The van der Waals surface area contributed by atoms with Crippen molar-refractivity contribution in [2.45, 2.75) is 6.92 Å². The molecule has 19 heavy (non-hydrogen) atoms. The van der Waals surface area contributed by atoms with Crippen LogP contribution in [0.4, 0.5) is 5.69 Å². The SMILES string of the molecule is CCOc1cccc(/C=N/c2ccccc2O)c1O. The van der Waals surface area contributed by atoms with Gasteiger partial charge in [0.1, 0.15) is 11.4 Å². The molecule has 0 fully saturated rings. The number of rotatable bonds is 4. The summed E-state index contributed by atoms with van der Waals surface area (Å²) < 4.78 is 5.29. The Morgan fingerprint density at radius 1 is 1.11 bits per heavy atom. The predicted molar refractivity (Wildman–Crippen MR) is 74.6 cm³/mol. The Balaban J connectivity index is 2.29. The van der Waals surface area contributed by atoms with Crippen LogP contribution in [0.1, 0.15) is 12.5 Å². The summed E-state index contributed by atoms with van der Waals surface area (Å²) in [5, 5.41) is 19.6. The first-order valence-corrected chi connectivity index (χ1v) is 5.99. The molecular formula is C15H15NO3. The molecule has 0 spiro atoms. The van der Waals surface area contributed by atoms with E-state index in [2.05, 4.69) is 4.99 Å². The highest BCUT2D eigenvalue weighted by Crippen LogP contribution is 2.30. The van der Waals surface area contributed by atoms with Gasteiger partial charge in [-0.05, 0) is 31.2 Å². The van der Waals surface area contributed by atoms with Gasteiger partial charge in [-0.15, -0.1) is 0 Å². The van der Waals surface area contributed by atoms with E-state index in [1.54, 1.807) is 42.5 Å². The van der Waals surface area contributed by atoms with Gasteiger partial charge in [0.25, 0.3) is 0 Å². The summed E-state index contributed by atoms with van der Waals surface area (Å²) in [6.07, 6.45) is 1.49. The third-order valence-corrected chi connectivity index (χ3v) is 2.55. The molecule has 0 unspecified atom stereocenters. The Bertz CT molecular complexity index is 594. The molecule has 0 heterocycles. The molecule has 4 nitrogen and oxygen atoms in total. The lowest BCUT2D eigenvalue weighted by atomic mass is 10.2. The van der Waals surface area contributed by atoms with Crippen LogP contribution in [0.15, 0.2) is 47.5 Å². The van der Waals surface area contributed by atoms with Crippen molar-refractivity contribution in [2.75, 3.05) is 6.61 Å². The van der Waals surface area contributed by atoms with E-state index in [1.807, 2.05) is 6.92 Å². The van der Waals surface area contributed by atoms with Crippen molar-refractivity contribution < 1.29 is 14.9 Å². The molecule has 0 aliphatic rings. The molecule has 2 rings (SSSR count). The Labute approximate surface area is 111 Å². The van der Waals surface area contributed by atoms with Gasteiger partial charge in [0.05, 0.1) is 6.61 Å². The van der Waals surface area contributed by atoms with Crippen molar-refractivity contribution in [2.24, 2.45) is 4.99 Å². The quantitative estimate of drug-likeness (QED) is 0.826. The number of para-hydroxylation sites is 3. The molecule has 0 aromatic heterocycles. The molecule has 0 bridgehead atoms. The normalized spacial score (nSPS) is 10.8. The third kappa shape index (κ3) is 3.04. The molecule has 2 aromatic rings. The zero-order valence-corrected chi connectivity index (χ0v) is 10.6. The molecule has 2 aromatic carbocycles. The van der Waals surface area contributed by atoms with Crippen LogP contribution in [0, 0.1) is 0 Å². The minimum atomic E-state index is 0.0449. The second-order valence-electron chi connectivity index (χ2n) is 3.87. The first kappa shape index (κ1) is 13.0. The van der Waals surface area contributed by atoms with Crippen LogP contribution in [0.25, 0.3) is 0 Å². The van der Waals surface area contributed by atoms with E-state index in [4.69, 9.17) is 4.74 Å². The van der Waals surface area contributed by atoms with Crippen LogP contribution in [-0.2, 0) is 0 Å². The number of aliphatic imine (C=N–C) groups is 1. The van der Waals surface area contributed by atoms with Crippen molar-refractivity contribution in [3.8, 4) is 17.2 Å². The van der Waals surface area contributed by atoms with Gasteiger partial charge in [-0.25, -0.2) is 0 Å². The van der Waals surface area contributed by atoms with Crippen molar-refractivity contribution in [1.29, 1.82) is 0 Å². The van der Waals surface area contributed by atoms with E-state index >= 15 is 0 Å². The van der Waals surface area contributed by atoms with Gasteiger partial charge in [-0.3, -0.25) is 4.99 Å². The second-order valence-corrected chi connectivity index (χ2v) is 3.87. The zero-order valence-electron chi connectivity index (χ0n) is 10.6. The molecule has 0 aliphatic carbocycles. The van der Waals surface area contributed by atoms with Crippen LogP contribution >= 0.6 is 0 Å². The van der Waals surface area contributed by atoms with Gasteiger partial charge in [-0.1, -0.05) is 18.2 Å². The summed E-state index contributed by atoms with van der Waals surface area (Å²) in [7, 11) is 0. The van der Waals surface area contributed by atoms with E-state index in [0.717, 1.165) is 0 Å². The highest BCUT2D eigenvalue weighted by atomic mass is 16.5. The van der Waals surface area contributed by atoms with Crippen LogP contribution in [0.3, 0.4) is 0 Å². The average Bonchev–Trinajstić information content (AvgIpc) is 2.42. The van der Waals surface area contributed by atoms with Crippen LogP contribution in [0.2, 0.25) is 0 Å². The van der Waals surface area contributed by atoms with E-state index in [0.29, 0.717) is 23.6 Å². The lowest BCUT2D eigenvalue weighted by Gasteiger charge is -2.07. The number of ether oxygens (including phenoxy) is 1. The van der Waals surface area contributed by atoms with Gasteiger partial charge >= 0.3 is 0 Å². The molecule has 0 saturated carbocycles. The topological polar surface area (TPSA) is 62.0 Å². The molecule has 98 valence electrons. The molecule has 0 radical (unpaired) electrons. The first-order chi connectivity index (χ1) is 9.22. The molecule has 0 amide bonds. The fraction of sp³-hybridized carbons (Fsp3) is 0.133. The lowest BCUT2D eigenvalue weighted by Crippen LogP contribution is -1.93. The van der Waals surface area contributed by atoms with Crippen molar-refractivity contribution >= 4 is 11.9 Å². The van der Waals surface area contributed by atoms with E-state index < -0.39 is 0 Å². The maximum atomic E-state index is 9.99. The second kappa shape index (κ2) is 5.91. The third-order valence-electron chi connectivity index (χ3n) is 2.55. The standard InChI is InChI=1S/C15H15NO3/c1-2-19-14-9-5-6-11(15(14)18)10-16-12-7-3-4-8-13(12)17/h3-10,17-18H,2H2,1H3/b16-10+. The van der Waals surface area contributed by atoms with Gasteiger partial charge in [-0.2, -0.15) is 0 Å². The van der Waals surface area contributed by atoms with Crippen LogP contribution in [-0.4, -0.2) is 23.0 Å². The van der Waals surface area contributed by atoms with Crippen molar-refractivity contribution in [3.63, 3.8) is 0 Å². The number of benzene rings is 2. The molecular weight excluding hydrogens is 242 g/mol. The number of nitrogens with zero attached hydrogens (tertiary/aromatic N) is 1. The van der Waals surface area contributed by atoms with Gasteiger partial charge in [0.2, 0.25) is 0 Å². The maximum absolute atomic E-state index is 9.99. The Hall–Kier alpha value is -2.49. The summed E-state index contributed by atoms with van der Waals surface area (Å²) >= 11 is 0. The lowest BCUT2D eigenvalue weighted by molar-refractivity contribution is 0.318. The highest BCUT2D eigenvalue weighted by molar-refractivity contribution is 5.87. The van der Waals surface area contributed by atoms with E-state index in [1.165, 1.54) is 6.21 Å². The minimum Gasteiger partial charge on any atom is -0.506 e. The summed E-state index contributed by atoms with van der Waals surface area (Å²) in [5.41, 5.74) is 0.984. The largest absolute Gasteiger partial charge is 0.506 e. The highest BCUT2D eigenvalue weighted by Gasteiger charge is 2.05. The Kier molecular flexibility index (Phi) is 4.03. The van der Waals surface area contributed by atoms with Gasteiger partial charge in [0, 0.05) is 11.8 Å². The monoisotopic (exact) mass is 257 g/mol. The van der Waals surface area contributed by atoms with E-state index in [-0.39, 0.29) is 11.5 Å². The molecule has 2 N–H and O–H groups in total. The Morgan fingerprint density at radius 3 is 2.63 bits per heavy atom. The Morgan fingerprint density at radius 2 is 1.89 bits per heavy atom. The summed E-state index contributed by atoms with van der Waals surface area (Å²) in [4.78, 5) is 4.15. The molecule has 0 aliphatic heterocycles. The molecule has 4 heteroatoms. The van der Waals surface area contributed by atoms with Crippen molar-refractivity contribution in [1.82, 2.24) is 0 Å². The van der Waals surface area contributed by atoms with E-state index in [9.17, 15) is 10.2 Å². The number of phenols is 2. The fourth-order valence-electron chi connectivity index (χ4n) is 1.63. The summed E-state index contributed by atoms with van der Waals surface area (Å²) in [5.74, 6) is 0.562. The van der Waals surface area contributed by atoms with Crippen LogP contribution < -0.4 is 4.74 Å². The van der Waals surface area contributed by atoms with Crippen molar-refractivity contribution in [3.05, 3.63) is 48.0 Å². The molecule has 0 atom stereocenters. The maximum Gasteiger partial charge on any atom is 0.166 e. The fourth-order valence-corrected chi connectivity index (χ4v) is 1.63. The smallest absolute Gasteiger partial charge is 0.166 e. The van der Waals surface area contributed by atoms with Gasteiger partial charge in [0.15, 0.2) is 11.5 Å². The predicted octanol–water partition coefficient (Wildman–Crippen LogP) is 3.25. The zero-order chi connectivity index (χ0) is 13.7. The number of hydrogen-bond donors (Lipinski definition) is 2.